The van der Waals surface area contributed by atoms with E-state index in [1.54, 1.807) is 0 Å². The summed E-state index contributed by atoms with van der Waals surface area (Å²) in [5.41, 5.74) is 3.04. The van der Waals surface area contributed by atoms with Crippen LogP contribution >= 0.6 is 0 Å². The van der Waals surface area contributed by atoms with Crippen LogP contribution in [0.5, 0.6) is 0 Å². The van der Waals surface area contributed by atoms with Crippen LogP contribution in [0.3, 0.4) is 0 Å². The molecule has 4 nitrogen and oxygen atoms in total. The van der Waals surface area contributed by atoms with E-state index in [1.807, 2.05) is 36.4 Å². The highest BCUT2D eigenvalue weighted by molar-refractivity contribution is 6.12. The number of rotatable bonds is 0. The molecule has 0 N–H and O–H groups in total. The van der Waals surface area contributed by atoms with E-state index in [0.29, 0.717) is 16.3 Å². The molecule has 76 valence electrons. The van der Waals surface area contributed by atoms with Crippen LogP contribution in [0.1, 0.15) is 0 Å². The summed E-state index contributed by atoms with van der Waals surface area (Å²) in [5.74, 6) is 0. The first kappa shape index (κ1) is 7.87. The summed E-state index contributed by atoms with van der Waals surface area (Å²) in [4.78, 5) is 0.476. The van der Waals surface area contributed by atoms with Crippen molar-refractivity contribution in [2.24, 2.45) is 0 Å². The summed E-state index contributed by atoms with van der Waals surface area (Å²) in [5, 5.41) is 17.5. The van der Waals surface area contributed by atoms with Crippen LogP contribution in [0, 0.1) is 5.21 Å². The van der Waals surface area contributed by atoms with Crippen LogP contribution in [0.15, 0.2) is 41.0 Å². The van der Waals surface area contributed by atoms with E-state index in [-0.39, 0.29) is 0 Å². The fraction of sp³-hybridized carbons (Fsp3) is 0. The highest BCUT2D eigenvalue weighted by atomic mass is 16.8. The molecule has 1 heterocycles. The highest BCUT2D eigenvalue weighted by Crippen LogP contribution is 2.44. The predicted molar refractivity (Wildman–Crippen MR) is 57.4 cm³/mol. The molecule has 0 fully saturated rings. The number of aromatic nitrogens is 2. The van der Waals surface area contributed by atoms with Gasteiger partial charge in [-0.15, -0.1) is 0 Å². The largest absolute Gasteiger partial charge is 0.359 e. The number of benzene rings is 2. The number of hydrogen-bond donors (Lipinski definition) is 0. The maximum atomic E-state index is 11.5. The van der Waals surface area contributed by atoms with Crippen molar-refractivity contribution in [2.45, 2.75) is 0 Å². The zero-order chi connectivity index (χ0) is 10.7. The van der Waals surface area contributed by atoms with Crippen molar-refractivity contribution < 1.29 is 9.53 Å². The standard InChI is InChI=1S/C12H6N2O2/c15-14-12-9-6-2-4-7-3-1-5-8(10(7)9)11(12)13-16-14/h1-6H. The topological polar surface area (TPSA) is 53.0 Å². The maximum Gasteiger partial charge on any atom is 0.257 e. The van der Waals surface area contributed by atoms with Gasteiger partial charge in [0.1, 0.15) is 0 Å². The Morgan fingerprint density at radius 2 is 1.81 bits per heavy atom. The van der Waals surface area contributed by atoms with Crippen molar-refractivity contribution in [3.8, 4) is 22.5 Å². The molecular weight excluding hydrogens is 204 g/mol. The Kier molecular flexibility index (Phi) is 1.19. The zero-order valence-electron chi connectivity index (χ0n) is 8.18. The first-order chi connectivity index (χ1) is 7.86. The minimum absolute atomic E-state index is 0.476. The van der Waals surface area contributed by atoms with Gasteiger partial charge in [-0.2, -0.15) is 0 Å². The molecule has 0 amide bonds. The summed E-state index contributed by atoms with van der Waals surface area (Å²) in [6.45, 7) is 0. The van der Waals surface area contributed by atoms with Gasteiger partial charge in [-0.25, -0.2) is 0 Å². The van der Waals surface area contributed by atoms with Gasteiger partial charge in [-0.1, -0.05) is 24.3 Å². The van der Waals surface area contributed by atoms with Crippen molar-refractivity contribution in [1.82, 2.24) is 5.16 Å². The van der Waals surface area contributed by atoms with Crippen LogP contribution in [0.25, 0.3) is 33.3 Å². The van der Waals surface area contributed by atoms with Crippen LogP contribution in [-0.2, 0) is 0 Å². The number of hydrogen-bond acceptors (Lipinski definition) is 3. The summed E-state index contributed by atoms with van der Waals surface area (Å²) < 4.78 is 4.64. The van der Waals surface area contributed by atoms with Crippen molar-refractivity contribution in [2.75, 3.05) is 0 Å². The van der Waals surface area contributed by atoms with E-state index < -0.39 is 0 Å². The molecule has 2 aromatic carbocycles. The van der Waals surface area contributed by atoms with E-state index in [4.69, 9.17) is 0 Å². The Bertz CT molecular complexity index is 726. The Labute approximate surface area is 90.3 Å². The lowest BCUT2D eigenvalue weighted by Gasteiger charge is -1.99. The minimum atomic E-state index is 0.476. The SMILES string of the molecule is [O-][n+]1onc2c1-c1cccc3cccc-2c13. The molecule has 1 aliphatic rings. The Morgan fingerprint density at radius 1 is 1.06 bits per heavy atom. The Balaban J connectivity index is 2.32. The monoisotopic (exact) mass is 210 g/mol. The maximum absolute atomic E-state index is 11.5. The van der Waals surface area contributed by atoms with Crippen molar-refractivity contribution in [1.29, 1.82) is 0 Å². The molecular formula is C12H6N2O2. The van der Waals surface area contributed by atoms with E-state index in [0.717, 1.165) is 21.9 Å². The molecule has 16 heavy (non-hydrogen) atoms. The fourth-order valence-electron chi connectivity index (χ4n) is 2.39. The Hall–Kier alpha value is -2.36. The van der Waals surface area contributed by atoms with Gasteiger partial charge in [0.25, 0.3) is 5.69 Å². The lowest BCUT2D eigenvalue weighted by Crippen LogP contribution is -2.24. The molecule has 0 unspecified atom stereocenters. The van der Waals surface area contributed by atoms with Crippen LogP contribution in [-0.4, -0.2) is 5.16 Å². The third-order valence-electron chi connectivity index (χ3n) is 3.03. The zero-order valence-corrected chi connectivity index (χ0v) is 8.18. The minimum Gasteiger partial charge on any atom is -0.359 e. The summed E-state index contributed by atoms with van der Waals surface area (Å²) >= 11 is 0. The molecule has 0 atom stereocenters. The second-order valence-electron chi connectivity index (χ2n) is 3.84. The van der Waals surface area contributed by atoms with Crippen molar-refractivity contribution >= 4 is 10.8 Å². The smallest absolute Gasteiger partial charge is 0.257 e. The van der Waals surface area contributed by atoms with Crippen LogP contribution in [0.4, 0.5) is 0 Å². The summed E-state index contributed by atoms with van der Waals surface area (Å²) in [6.07, 6.45) is 0. The van der Waals surface area contributed by atoms with Crippen LogP contribution < -0.4 is 4.90 Å². The molecule has 0 spiro atoms. The van der Waals surface area contributed by atoms with Gasteiger partial charge in [0.15, 0.2) is 0 Å². The van der Waals surface area contributed by atoms with Gasteiger partial charge in [-0.05, 0) is 22.4 Å². The molecule has 4 rings (SSSR count). The second-order valence-corrected chi connectivity index (χ2v) is 3.84. The van der Waals surface area contributed by atoms with E-state index >= 15 is 0 Å². The highest BCUT2D eigenvalue weighted by Gasteiger charge is 2.32. The molecule has 1 aliphatic carbocycles. The fourth-order valence-corrected chi connectivity index (χ4v) is 2.39. The molecule has 0 aliphatic heterocycles. The molecule has 0 saturated heterocycles. The number of nitrogens with zero attached hydrogens (tertiary/aromatic N) is 2. The summed E-state index contributed by atoms with van der Waals surface area (Å²) in [7, 11) is 0. The predicted octanol–water partition coefficient (Wildman–Crippen LogP) is 2.11. The van der Waals surface area contributed by atoms with Gasteiger partial charge in [0.05, 0.1) is 0 Å². The van der Waals surface area contributed by atoms with Gasteiger partial charge < -0.3 is 5.21 Å². The molecule has 3 aromatic rings. The molecule has 0 radical (unpaired) electrons. The van der Waals surface area contributed by atoms with Crippen molar-refractivity contribution in [3.63, 3.8) is 0 Å². The van der Waals surface area contributed by atoms with Gasteiger partial charge in [0, 0.05) is 21.7 Å². The molecule has 0 saturated carbocycles. The Morgan fingerprint density at radius 3 is 2.62 bits per heavy atom. The molecule has 1 aromatic heterocycles. The van der Waals surface area contributed by atoms with Crippen molar-refractivity contribution in [3.05, 3.63) is 41.6 Å². The lowest BCUT2D eigenvalue weighted by molar-refractivity contribution is -0.793. The van der Waals surface area contributed by atoms with Gasteiger partial charge in [0.2, 0.25) is 5.69 Å². The van der Waals surface area contributed by atoms with E-state index in [1.165, 1.54) is 0 Å². The number of fused-ring (bicyclic) bond motifs is 3. The quantitative estimate of drug-likeness (QED) is 0.418. The lowest BCUT2D eigenvalue weighted by atomic mass is 10.0. The van der Waals surface area contributed by atoms with E-state index in [2.05, 4.69) is 9.79 Å². The van der Waals surface area contributed by atoms with E-state index in [9.17, 15) is 5.21 Å². The van der Waals surface area contributed by atoms with Crippen LogP contribution in [0.2, 0.25) is 0 Å². The average molecular weight is 210 g/mol. The average Bonchev–Trinajstić information content (AvgIpc) is 2.83. The first-order valence-electron chi connectivity index (χ1n) is 4.98. The molecule has 0 bridgehead atoms. The normalized spacial score (nSPS) is 12.0. The first-order valence-corrected chi connectivity index (χ1v) is 4.98. The third kappa shape index (κ3) is 0.725. The van der Waals surface area contributed by atoms with Gasteiger partial charge in [-0.3, -0.25) is 4.63 Å². The van der Waals surface area contributed by atoms with Gasteiger partial charge >= 0.3 is 0 Å². The molecule has 4 heteroatoms. The summed E-state index contributed by atoms with van der Waals surface area (Å²) in [6, 6.07) is 11.8. The third-order valence-corrected chi connectivity index (χ3v) is 3.03. The second kappa shape index (κ2) is 2.41.